The molecule has 7 heteroatoms. The number of benzene rings is 2. The van der Waals surface area contributed by atoms with Crippen LogP contribution in [0.25, 0.3) is 0 Å². The first-order chi connectivity index (χ1) is 13.0. The minimum Gasteiger partial charge on any atom is -0.481 e. The van der Waals surface area contributed by atoms with Crippen molar-refractivity contribution in [3.63, 3.8) is 0 Å². The average Bonchev–Trinajstić information content (AvgIpc) is 3.43. The summed E-state index contributed by atoms with van der Waals surface area (Å²) in [5.41, 5.74) is 2.00. The molecule has 2 atom stereocenters. The van der Waals surface area contributed by atoms with Gasteiger partial charge in [0, 0.05) is 28.7 Å². The Balaban J connectivity index is 1.53. The van der Waals surface area contributed by atoms with Crippen LogP contribution in [0.5, 0.6) is 0 Å². The number of hydrogen-bond acceptors (Lipinski definition) is 3. The quantitative estimate of drug-likeness (QED) is 0.680. The molecule has 3 N–H and O–H groups in total. The van der Waals surface area contributed by atoms with Crippen molar-refractivity contribution in [2.24, 2.45) is 5.92 Å². The van der Waals surface area contributed by atoms with E-state index >= 15 is 0 Å². The Labute approximate surface area is 161 Å². The first-order valence-electron chi connectivity index (χ1n) is 8.61. The van der Waals surface area contributed by atoms with Crippen LogP contribution in [0.3, 0.4) is 0 Å². The highest BCUT2D eigenvalue weighted by Gasteiger charge is 2.44. The molecule has 0 saturated heterocycles. The summed E-state index contributed by atoms with van der Waals surface area (Å²) in [5, 5.41) is 14.6. The van der Waals surface area contributed by atoms with Gasteiger partial charge in [0.15, 0.2) is 0 Å². The number of carboxylic acid groups (broad SMARTS) is 1. The lowest BCUT2D eigenvalue weighted by atomic mass is 10.1. The van der Waals surface area contributed by atoms with E-state index < -0.39 is 5.97 Å². The van der Waals surface area contributed by atoms with Crippen molar-refractivity contribution in [1.29, 1.82) is 0 Å². The lowest BCUT2D eigenvalue weighted by Crippen LogP contribution is -2.26. The van der Waals surface area contributed by atoms with Gasteiger partial charge in [0.1, 0.15) is 0 Å². The van der Waals surface area contributed by atoms with Crippen molar-refractivity contribution in [2.75, 3.05) is 11.9 Å². The van der Waals surface area contributed by atoms with Crippen LogP contribution in [0.4, 0.5) is 5.69 Å². The minimum absolute atomic E-state index is 0.0672. The van der Waals surface area contributed by atoms with E-state index in [1.807, 2.05) is 24.3 Å². The summed E-state index contributed by atoms with van der Waals surface area (Å²) in [6.07, 6.45) is 0.632. The van der Waals surface area contributed by atoms with Crippen LogP contribution in [-0.4, -0.2) is 29.4 Å². The van der Waals surface area contributed by atoms with E-state index in [0.717, 1.165) is 12.0 Å². The maximum Gasteiger partial charge on any atom is 0.305 e. The smallest absolute Gasteiger partial charge is 0.305 e. The molecule has 2 unspecified atom stereocenters. The SMILES string of the molecule is O=C(O)CCNC(=O)c1ccc(NC(=O)C2CC2c2ccccc2Cl)cc1. The molecule has 0 bridgehead atoms. The Morgan fingerprint density at radius 1 is 1.07 bits per heavy atom. The van der Waals surface area contributed by atoms with Gasteiger partial charge in [-0.25, -0.2) is 0 Å². The number of carboxylic acids is 1. The first kappa shape index (κ1) is 18.9. The van der Waals surface area contributed by atoms with Gasteiger partial charge in [0.2, 0.25) is 5.91 Å². The van der Waals surface area contributed by atoms with Gasteiger partial charge in [-0.3, -0.25) is 14.4 Å². The van der Waals surface area contributed by atoms with E-state index in [1.54, 1.807) is 24.3 Å². The average molecular weight is 387 g/mol. The van der Waals surface area contributed by atoms with Gasteiger partial charge in [0.05, 0.1) is 6.42 Å². The summed E-state index contributed by atoms with van der Waals surface area (Å²) in [6, 6.07) is 14.0. The molecule has 1 saturated carbocycles. The monoisotopic (exact) mass is 386 g/mol. The van der Waals surface area contributed by atoms with Gasteiger partial charge < -0.3 is 15.7 Å². The van der Waals surface area contributed by atoms with Gasteiger partial charge in [0.25, 0.3) is 5.91 Å². The lowest BCUT2D eigenvalue weighted by molar-refractivity contribution is -0.136. The largest absolute Gasteiger partial charge is 0.481 e. The third kappa shape index (κ3) is 4.86. The molecule has 0 aliphatic heterocycles. The van der Waals surface area contributed by atoms with Crippen molar-refractivity contribution >= 4 is 35.1 Å². The molecule has 6 nitrogen and oxygen atoms in total. The summed E-state index contributed by atoms with van der Waals surface area (Å²) in [7, 11) is 0. The number of nitrogens with one attached hydrogen (secondary N) is 2. The number of anilines is 1. The fraction of sp³-hybridized carbons (Fsp3) is 0.250. The number of carbonyl (C=O) groups is 3. The summed E-state index contributed by atoms with van der Waals surface area (Å²) in [4.78, 5) is 34.8. The third-order valence-corrected chi connectivity index (χ3v) is 4.82. The van der Waals surface area contributed by atoms with Gasteiger partial charge in [-0.1, -0.05) is 29.8 Å². The second kappa shape index (κ2) is 8.22. The zero-order valence-electron chi connectivity index (χ0n) is 14.4. The second-order valence-electron chi connectivity index (χ2n) is 6.44. The van der Waals surface area contributed by atoms with Crippen LogP contribution in [0.2, 0.25) is 5.02 Å². The van der Waals surface area contributed by atoms with Gasteiger partial charge in [-0.15, -0.1) is 0 Å². The molecule has 3 rings (SSSR count). The Morgan fingerprint density at radius 2 is 1.78 bits per heavy atom. The Morgan fingerprint density at radius 3 is 2.44 bits per heavy atom. The van der Waals surface area contributed by atoms with Gasteiger partial charge in [-0.05, 0) is 48.2 Å². The molecular weight excluding hydrogens is 368 g/mol. The fourth-order valence-corrected chi connectivity index (χ4v) is 3.21. The highest BCUT2D eigenvalue weighted by Crippen LogP contribution is 2.49. The Kier molecular flexibility index (Phi) is 5.76. The highest BCUT2D eigenvalue weighted by atomic mass is 35.5. The molecule has 140 valence electrons. The second-order valence-corrected chi connectivity index (χ2v) is 6.84. The molecule has 2 amide bonds. The molecule has 1 aliphatic carbocycles. The molecular formula is C20H19ClN2O4. The zero-order valence-corrected chi connectivity index (χ0v) is 15.2. The van der Waals surface area contributed by atoms with Crippen LogP contribution >= 0.6 is 11.6 Å². The molecule has 1 aliphatic rings. The molecule has 0 spiro atoms. The maximum atomic E-state index is 12.4. The summed E-state index contributed by atoms with van der Waals surface area (Å²) >= 11 is 6.19. The standard InChI is InChI=1S/C20H19ClN2O4/c21-17-4-2-1-3-14(17)15-11-16(15)20(27)23-13-7-5-12(6-8-13)19(26)22-10-9-18(24)25/h1-8,15-16H,9-11H2,(H,22,26)(H,23,27)(H,24,25). The van der Waals surface area contributed by atoms with Crippen molar-refractivity contribution in [3.8, 4) is 0 Å². The fourth-order valence-electron chi connectivity index (χ4n) is 2.93. The molecule has 27 heavy (non-hydrogen) atoms. The van der Waals surface area contributed by atoms with Crippen LogP contribution in [0.15, 0.2) is 48.5 Å². The molecule has 0 radical (unpaired) electrons. The third-order valence-electron chi connectivity index (χ3n) is 4.47. The van der Waals surface area contributed by atoms with Crippen LogP contribution in [0, 0.1) is 5.92 Å². The predicted octanol–water partition coefficient (Wildman–Crippen LogP) is 3.29. The number of aliphatic carboxylic acids is 1. The van der Waals surface area contributed by atoms with Gasteiger partial charge >= 0.3 is 5.97 Å². The summed E-state index contributed by atoms with van der Waals surface area (Å²) in [5.74, 6) is -1.36. The van der Waals surface area contributed by atoms with Crippen LogP contribution in [-0.2, 0) is 9.59 Å². The molecule has 1 fully saturated rings. The lowest BCUT2D eigenvalue weighted by Gasteiger charge is -2.08. The number of carbonyl (C=O) groups excluding carboxylic acids is 2. The number of rotatable bonds is 7. The minimum atomic E-state index is -0.969. The van der Waals surface area contributed by atoms with E-state index in [9.17, 15) is 14.4 Å². The van der Waals surface area contributed by atoms with E-state index in [-0.39, 0.29) is 36.6 Å². The Hall–Kier alpha value is -2.86. The number of amides is 2. The van der Waals surface area contributed by atoms with E-state index in [4.69, 9.17) is 16.7 Å². The zero-order chi connectivity index (χ0) is 19.4. The summed E-state index contributed by atoms with van der Waals surface area (Å²) < 4.78 is 0. The first-order valence-corrected chi connectivity index (χ1v) is 8.99. The molecule has 2 aromatic carbocycles. The van der Waals surface area contributed by atoms with E-state index in [0.29, 0.717) is 16.3 Å². The maximum absolute atomic E-state index is 12.4. The van der Waals surface area contributed by atoms with Crippen molar-refractivity contribution < 1.29 is 19.5 Å². The van der Waals surface area contributed by atoms with Crippen molar-refractivity contribution in [3.05, 3.63) is 64.7 Å². The summed E-state index contributed by atoms with van der Waals surface area (Å²) in [6.45, 7) is 0.0672. The van der Waals surface area contributed by atoms with Crippen LogP contribution in [0.1, 0.15) is 34.7 Å². The normalized spacial score (nSPS) is 17.8. The molecule has 2 aromatic rings. The van der Waals surface area contributed by atoms with Crippen LogP contribution < -0.4 is 10.6 Å². The highest BCUT2D eigenvalue weighted by molar-refractivity contribution is 6.31. The van der Waals surface area contributed by atoms with Crippen molar-refractivity contribution in [1.82, 2.24) is 5.32 Å². The van der Waals surface area contributed by atoms with Crippen molar-refractivity contribution in [2.45, 2.75) is 18.8 Å². The topological polar surface area (TPSA) is 95.5 Å². The Bertz CT molecular complexity index is 867. The number of hydrogen-bond donors (Lipinski definition) is 3. The van der Waals surface area contributed by atoms with Gasteiger partial charge in [-0.2, -0.15) is 0 Å². The number of halogens is 1. The van der Waals surface area contributed by atoms with E-state index in [2.05, 4.69) is 10.6 Å². The molecule has 0 aromatic heterocycles. The van der Waals surface area contributed by atoms with E-state index in [1.165, 1.54) is 0 Å². The predicted molar refractivity (Wildman–Crippen MR) is 102 cm³/mol. The molecule has 0 heterocycles.